The molecule has 0 bridgehead atoms. The molecule has 0 radical (unpaired) electrons. The van der Waals surface area contributed by atoms with Gasteiger partial charge in [-0.15, -0.1) is 0 Å². The van der Waals surface area contributed by atoms with Gasteiger partial charge in [-0.05, 0) is 62.8 Å². The maximum atomic E-state index is 13.1. The monoisotopic (exact) mass is 354 g/mol. The number of piperazine rings is 1. The van der Waals surface area contributed by atoms with Crippen LogP contribution in [-0.2, 0) is 12.8 Å². The molecule has 2 aliphatic rings. The molecule has 0 spiro atoms. The molecule has 1 aromatic heterocycles. The van der Waals surface area contributed by atoms with Crippen molar-refractivity contribution in [2.45, 2.75) is 46.1 Å². The van der Waals surface area contributed by atoms with E-state index in [4.69, 9.17) is 4.52 Å². The highest BCUT2D eigenvalue weighted by atomic mass is 16.5. The van der Waals surface area contributed by atoms with Crippen molar-refractivity contribution in [1.82, 2.24) is 19.9 Å². The summed E-state index contributed by atoms with van der Waals surface area (Å²) >= 11 is 0. The number of aryl methyl sites for hydroxylation is 2. The Morgan fingerprint density at radius 1 is 1.12 bits per heavy atom. The molecule has 4 rings (SSSR count). The Hall–Kier alpha value is -2.21. The summed E-state index contributed by atoms with van der Waals surface area (Å²) in [5.74, 6) is 1.50. The summed E-state index contributed by atoms with van der Waals surface area (Å²) in [5, 5.41) is 3.88. The first-order valence-electron chi connectivity index (χ1n) is 9.49. The third-order valence-electron chi connectivity index (χ3n) is 5.80. The smallest absolute Gasteiger partial charge is 0.254 e. The molecule has 1 aliphatic carbocycles. The van der Waals surface area contributed by atoms with Gasteiger partial charge >= 0.3 is 0 Å². The maximum Gasteiger partial charge on any atom is 0.254 e. The summed E-state index contributed by atoms with van der Waals surface area (Å²) in [6.07, 6.45) is 3.30. The Balaban J connectivity index is 1.44. The van der Waals surface area contributed by atoms with Crippen LogP contribution in [0.15, 0.2) is 16.7 Å². The molecule has 138 valence electrons. The minimum Gasteiger partial charge on any atom is -0.338 e. The van der Waals surface area contributed by atoms with Crippen molar-refractivity contribution in [3.8, 4) is 0 Å². The molecular formula is C20H26N4O2. The zero-order valence-corrected chi connectivity index (χ0v) is 15.8. The largest absolute Gasteiger partial charge is 0.338 e. The lowest BCUT2D eigenvalue weighted by molar-refractivity contribution is 0.0550. The van der Waals surface area contributed by atoms with E-state index in [-0.39, 0.29) is 11.9 Å². The van der Waals surface area contributed by atoms with Crippen LogP contribution in [0.1, 0.15) is 58.1 Å². The van der Waals surface area contributed by atoms with Gasteiger partial charge in [-0.3, -0.25) is 9.69 Å². The molecule has 0 saturated carbocycles. The van der Waals surface area contributed by atoms with E-state index >= 15 is 0 Å². The minimum atomic E-state index is 0.0806. The minimum absolute atomic E-state index is 0.0806. The molecule has 2 aromatic rings. The second kappa shape index (κ2) is 6.83. The molecule has 1 atom stereocenters. The predicted octanol–water partition coefficient (Wildman–Crippen LogP) is 2.69. The quantitative estimate of drug-likeness (QED) is 0.848. The molecule has 1 aromatic carbocycles. The van der Waals surface area contributed by atoms with Crippen molar-refractivity contribution in [1.29, 1.82) is 0 Å². The lowest BCUT2D eigenvalue weighted by Gasteiger charge is -2.37. The number of rotatable bonds is 3. The van der Waals surface area contributed by atoms with Gasteiger partial charge in [0.05, 0.1) is 6.04 Å². The van der Waals surface area contributed by atoms with Crippen LogP contribution in [0.2, 0.25) is 0 Å². The molecular weight excluding hydrogens is 328 g/mol. The van der Waals surface area contributed by atoms with Crippen molar-refractivity contribution in [2.24, 2.45) is 0 Å². The Labute approximate surface area is 154 Å². The van der Waals surface area contributed by atoms with E-state index in [9.17, 15) is 4.79 Å². The van der Waals surface area contributed by atoms with Gasteiger partial charge in [0.15, 0.2) is 5.82 Å². The van der Waals surface area contributed by atoms with Crippen LogP contribution < -0.4 is 0 Å². The predicted molar refractivity (Wildman–Crippen MR) is 98.1 cm³/mol. The fraction of sp³-hybridized carbons (Fsp3) is 0.550. The fourth-order valence-corrected chi connectivity index (χ4v) is 4.21. The van der Waals surface area contributed by atoms with Gasteiger partial charge in [-0.2, -0.15) is 4.98 Å². The van der Waals surface area contributed by atoms with Crippen LogP contribution in [0.4, 0.5) is 0 Å². The van der Waals surface area contributed by atoms with E-state index in [1.165, 1.54) is 16.7 Å². The van der Waals surface area contributed by atoms with E-state index in [2.05, 4.69) is 35.0 Å². The highest BCUT2D eigenvalue weighted by Gasteiger charge is 2.29. The second-order valence-corrected chi connectivity index (χ2v) is 7.42. The van der Waals surface area contributed by atoms with Gasteiger partial charge in [-0.25, -0.2) is 0 Å². The first kappa shape index (κ1) is 17.2. The molecule has 1 saturated heterocycles. The Bertz CT molecular complexity index is 821. The Morgan fingerprint density at radius 2 is 1.85 bits per heavy atom. The van der Waals surface area contributed by atoms with Crippen LogP contribution in [0.3, 0.4) is 0 Å². The lowest BCUT2D eigenvalue weighted by Crippen LogP contribution is -2.49. The lowest BCUT2D eigenvalue weighted by atomic mass is 9.98. The molecule has 1 fully saturated rings. The standard InChI is InChI=1S/C20H26N4O2/c1-13-7-8-18(17-6-4-5-16(13)17)20(25)24-11-9-23(10-12-24)14(2)19-21-15(3)22-26-19/h7-8,14H,4-6,9-12H2,1-3H3. The Kier molecular flexibility index (Phi) is 4.53. The molecule has 0 N–H and O–H groups in total. The fourth-order valence-electron chi connectivity index (χ4n) is 4.21. The third-order valence-corrected chi connectivity index (χ3v) is 5.80. The van der Waals surface area contributed by atoms with E-state index < -0.39 is 0 Å². The zero-order valence-electron chi connectivity index (χ0n) is 15.8. The van der Waals surface area contributed by atoms with E-state index in [1.54, 1.807) is 0 Å². The van der Waals surface area contributed by atoms with E-state index in [0.717, 1.165) is 51.0 Å². The molecule has 6 nitrogen and oxygen atoms in total. The van der Waals surface area contributed by atoms with E-state index in [1.807, 2.05) is 17.9 Å². The number of hydrogen-bond donors (Lipinski definition) is 0. The highest BCUT2D eigenvalue weighted by molar-refractivity contribution is 5.96. The van der Waals surface area contributed by atoms with Crippen LogP contribution >= 0.6 is 0 Å². The third kappa shape index (κ3) is 3.03. The van der Waals surface area contributed by atoms with Crippen molar-refractivity contribution < 1.29 is 9.32 Å². The summed E-state index contributed by atoms with van der Waals surface area (Å²) in [7, 11) is 0. The molecule has 6 heteroatoms. The number of amides is 1. The van der Waals surface area contributed by atoms with Crippen LogP contribution in [0, 0.1) is 13.8 Å². The van der Waals surface area contributed by atoms with E-state index in [0.29, 0.717) is 11.7 Å². The zero-order chi connectivity index (χ0) is 18.3. The molecule has 26 heavy (non-hydrogen) atoms. The number of fused-ring (bicyclic) bond motifs is 1. The maximum absolute atomic E-state index is 13.1. The Morgan fingerprint density at radius 3 is 2.54 bits per heavy atom. The molecule has 1 aliphatic heterocycles. The molecule has 1 amide bonds. The van der Waals surface area contributed by atoms with Crippen molar-refractivity contribution in [2.75, 3.05) is 26.2 Å². The average Bonchev–Trinajstić information content (AvgIpc) is 3.31. The van der Waals surface area contributed by atoms with Gasteiger partial charge in [0.25, 0.3) is 5.91 Å². The summed E-state index contributed by atoms with van der Waals surface area (Å²) in [6, 6.07) is 4.21. The SMILES string of the molecule is Cc1noc(C(C)N2CCN(C(=O)c3ccc(C)c4c3CCC4)CC2)n1. The van der Waals surface area contributed by atoms with Gasteiger partial charge in [-0.1, -0.05) is 11.2 Å². The van der Waals surface area contributed by atoms with Crippen LogP contribution in [0.5, 0.6) is 0 Å². The summed E-state index contributed by atoms with van der Waals surface area (Å²) in [4.78, 5) is 21.7. The molecule has 1 unspecified atom stereocenters. The van der Waals surface area contributed by atoms with Crippen LogP contribution in [0.25, 0.3) is 0 Å². The number of benzene rings is 1. The number of hydrogen-bond acceptors (Lipinski definition) is 5. The molecule has 2 heterocycles. The summed E-state index contributed by atoms with van der Waals surface area (Å²) < 4.78 is 5.30. The summed E-state index contributed by atoms with van der Waals surface area (Å²) in [5.41, 5.74) is 4.92. The first-order chi connectivity index (χ1) is 12.5. The number of nitrogens with zero attached hydrogens (tertiary/aromatic N) is 4. The first-order valence-corrected chi connectivity index (χ1v) is 9.49. The normalized spacial score (nSPS) is 18.8. The van der Waals surface area contributed by atoms with Crippen LogP contribution in [-0.4, -0.2) is 52.0 Å². The number of carbonyl (C=O) groups excluding carboxylic acids is 1. The van der Waals surface area contributed by atoms with Gasteiger partial charge in [0.2, 0.25) is 5.89 Å². The van der Waals surface area contributed by atoms with Crippen molar-refractivity contribution in [3.63, 3.8) is 0 Å². The van der Waals surface area contributed by atoms with Crippen molar-refractivity contribution >= 4 is 5.91 Å². The highest BCUT2D eigenvalue weighted by Crippen LogP contribution is 2.29. The van der Waals surface area contributed by atoms with Gasteiger partial charge in [0.1, 0.15) is 0 Å². The van der Waals surface area contributed by atoms with Crippen molar-refractivity contribution in [3.05, 3.63) is 46.1 Å². The van der Waals surface area contributed by atoms with Gasteiger partial charge in [0, 0.05) is 31.7 Å². The topological polar surface area (TPSA) is 62.5 Å². The van der Waals surface area contributed by atoms with Gasteiger partial charge < -0.3 is 9.42 Å². The number of carbonyl (C=O) groups is 1. The average molecular weight is 354 g/mol. The summed E-state index contributed by atoms with van der Waals surface area (Å²) in [6.45, 7) is 9.17. The second-order valence-electron chi connectivity index (χ2n) is 7.42. The number of aromatic nitrogens is 2.